The zero-order valence-electron chi connectivity index (χ0n) is 14.5. The summed E-state index contributed by atoms with van der Waals surface area (Å²) in [6, 6.07) is 0.565. The molecule has 0 bridgehead atoms. The SMILES string of the molecule is CN=C(NCC(=O)OC(C)(C)C)N1CCC(N2CC=CC2)C1.I. The third-order valence-corrected chi connectivity index (χ3v) is 3.85. The van der Waals surface area contributed by atoms with Crippen LogP contribution >= 0.6 is 24.0 Å². The average molecular weight is 436 g/mol. The van der Waals surface area contributed by atoms with Crippen LogP contribution in [0.25, 0.3) is 0 Å². The van der Waals surface area contributed by atoms with Gasteiger partial charge in [-0.1, -0.05) is 12.2 Å². The minimum atomic E-state index is -0.455. The third kappa shape index (κ3) is 6.29. The van der Waals surface area contributed by atoms with Crippen LogP contribution in [0.2, 0.25) is 0 Å². The first kappa shape index (κ1) is 20.2. The van der Waals surface area contributed by atoms with Crippen LogP contribution in [0.3, 0.4) is 0 Å². The molecule has 0 amide bonds. The van der Waals surface area contributed by atoms with Crippen LogP contribution in [-0.2, 0) is 9.53 Å². The molecule has 2 heterocycles. The fraction of sp³-hybridized carbons (Fsp3) is 0.750. The number of esters is 1. The first-order chi connectivity index (χ1) is 10.4. The van der Waals surface area contributed by atoms with Gasteiger partial charge in [-0.15, -0.1) is 24.0 Å². The van der Waals surface area contributed by atoms with E-state index >= 15 is 0 Å². The van der Waals surface area contributed by atoms with E-state index in [1.165, 1.54) is 0 Å². The summed E-state index contributed by atoms with van der Waals surface area (Å²) in [5, 5.41) is 3.11. The van der Waals surface area contributed by atoms with Gasteiger partial charge in [0.2, 0.25) is 0 Å². The number of nitrogens with zero attached hydrogens (tertiary/aromatic N) is 3. The number of halogens is 1. The Kier molecular flexibility index (Phi) is 7.79. The normalized spacial score (nSPS) is 22.2. The molecule has 1 fully saturated rings. The number of hydrogen-bond acceptors (Lipinski definition) is 4. The monoisotopic (exact) mass is 436 g/mol. The molecule has 132 valence electrons. The molecule has 0 aromatic carbocycles. The molecule has 23 heavy (non-hydrogen) atoms. The van der Waals surface area contributed by atoms with E-state index in [4.69, 9.17) is 4.74 Å². The highest BCUT2D eigenvalue weighted by Gasteiger charge is 2.29. The Bertz CT molecular complexity index is 451. The highest BCUT2D eigenvalue weighted by molar-refractivity contribution is 14.0. The molecule has 1 saturated heterocycles. The maximum Gasteiger partial charge on any atom is 0.325 e. The van der Waals surface area contributed by atoms with E-state index in [0.29, 0.717) is 6.04 Å². The van der Waals surface area contributed by atoms with Crippen LogP contribution in [0.4, 0.5) is 0 Å². The van der Waals surface area contributed by atoms with E-state index in [9.17, 15) is 4.79 Å². The largest absolute Gasteiger partial charge is 0.459 e. The lowest BCUT2D eigenvalue weighted by atomic mass is 10.2. The molecule has 0 aromatic rings. The predicted octanol–water partition coefficient (Wildman–Crippen LogP) is 1.47. The first-order valence-electron chi connectivity index (χ1n) is 7.95. The van der Waals surface area contributed by atoms with Crippen molar-refractivity contribution in [3.05, 3.63) is 12.2 Å². The summed E-state index contributed by atoms with van der Waals surface area (Å²) < 4.78 is 5.31. The Morgan fingerprint density at radius 1 is 1.35 bits per heavy atom. The van der Waals surface area contributed by atoms with Crippen molar-refractivity contribution in [3.63, 3.8) is 0 Å². The summed E-state index contributed by atoms with van der Waals surface area (Å²) >= 11 is 0. The summed E-state index contributed by atoms with van der Waals surface area (Å²) in [6.07, 6.45) is 5.57. The van der Waals surface area contributed by atoms with Gasteiger partial charge < -0.3 is 15.0 Å². The molecular formula is C16H29IN4O2. The van der Waals surface area contributed by atoms with Gasteiger partial charge in [-0.25, -0.2) is 0 Å². The van der Waals surface area contributed by atoms with E-state index < -0.39 is 5.60 Å². The smallest absolute Gasteiger partial charge is 0.325 e. The Morgan fingerprint density at radius 2 is 2.00 bits per heavy atom. The zero-order chi connectivity index (χ0) is 16.2. The van der Waals surface area contributed by atoms with Gasteiger partial charge in [-0.2, -0.15) is 0 Å². The van der Waals surface area contributed by atoms with Crippen LogP contribution in [0.1, 0.15) is 27.2 Å². The van der Waals surface area contributed by atoms with Gasteiger partial charge in [0, 0.05) is 39.3 Å². The van der Waals surface area contributed by atoms with Crippen molar-refractivity contribution in [2.45, 2.75) is 38.8 Å². The van der Waals surface area contributed by atoms with Crippen molar-refractivity contribution in [2.24, 2.45) is 4.99 Å². The highest BCUT2D eigenvalue weighted by atomic mass is 127. The highest BCUT2D eigenvalue weighted by Crippen LogP contribution is 2.17. The number of ether oxygens (including phenoxy) is 1. The van der Waals surface area contributed by atoms with Gasteiger partial charge >= 0.3 is 5.97 Å². The van der Waals surface area contributed by atoms with Gasteiger partial charge in [0.05, 0.1) is 0 Å². The van der Waals surface area contributed by atoms with Crippen molar-refractivity contribution in [1.82, 2.24) is 15.1 Å². The number of carbonyl (C=O) groups excluding carboxylic acids is 1. The molecule has 2 rings (SSSR count). The topological polar surface area (TPSA) is 57.2 Å². The number of likely N-dealkylation sites (tertiary alicyclic amines) is 1. The van der Waals surface area contributed by atoms with Gasteiger partial charge in [0.1, 0.15) is 12.1 Å². The molecule has 2 aliphatic heterocycles. The Morgan fingerprint density at radius 3 is 2.57 bits per heavy atom. The molecule has 7 heteroatoms. The van der Waals surface area contributed by atoms with E-state index in [2.05, 4.69) is 32.3 Å². The van der Waals surface area contributed by atoms with Crippen LogP contribution in [0.15, 0.2) is 17.1 Å². The molecule has 1 unspecified atom stereocenters. The summed E-state index contributed by atoms with van der Waals surface area (Å²) in [7, 11) is 1.75. The van der Waals surface area contributed by atoms with E-state index in [1.807, 2.05) is 20.8 Å². The lowest BCUT2D eigenvalue weighted by Crippen LogP contribution is -2.45. The summed E-state index contributed by atoms with van der Waals surface area (Å²) in [5.74, 6) is 0.522. The number of nitrogens with one attached hydrogen (secondary N) is 1. The molecule has 0 spiro atoms. The molecule has 0 saturated carbocycles. The molecule has 0 aliphatic carbocycles. The third-order valence-electron chi connectivity index (χ3n) is 3.85. The van der Waals surface area contributed by atoms with Crippen molar-refractivity contribution >= 4 is 35.9 Å². The molecule has 6 nitrogen and oxygen atoms in total. The summed E-state index contributed by atoms with van der Waals surface area (Å²) in [5.41, 5.74) is -0.455. The summed E-state index contributed by atoms with van der Waals surface area (Å²) in [4.78, 5) is 20.8. The Labute approximate surface area is 156 Å². The second-order valence-electron chi connectivity index (χ2n) is 6.80. The van der Waals surface area contributed by atoms with Gasteiger partial charge in [0.25, 0.3) is 0 Å². The van der Waals surface area contributed by atoms with Crippen molar-refractivity contribution in [1.29, 1.82) is 0 Å². The second-order valence-corrected chi connectivity index (χ2v) is 6.80. The maximum atomic E-state index is 11.8. The maximum absolute atomic E-state index is 11.8. The molecular weight excluding hydrogens is 407 g/mol. The number of aliphatic imine (C=N–C) groups is 1. The fourth-order valence-corrected chi connectivity index (χ4v) is 2.89. The fourth-order valence-electron chi connectivity index (χ4n) is 2.89. The van der Waals surface area contributed by atoms with Gasteiger partial charge in [-0.05, 0) is 27.2 Å². The van der Waals surface area contributed by atoms with E-state index in [1.54, 1.807) is 7.05 Å². The molecule has 2 aliphatic rings. The minimum absolute atomic E-state index is 0. The average Bonchev–Trinajstić information content (AvgIpc) is 3.08. The van der Waals surface area contributed by atoms with E-state index in [0.717, 1.165) is 38.6 Å². The Hall–Kier alpha value is -0.830. The molecule has 1 atom stereocenters. The van der Waals surface area contributed by atoms with E-state index in [-0.39, 0.29) is 36.5 Å². The first-order valence-corrected chi connectivity index (χ1v) is 7.95. The molecule has 0 aromatic heterocycles. The van der Waals surface area contributed by atoms with Gasteiger partial charge in [-0.3, -0.25) is 14.7 Å². The summed E-state index contributed by atoms with van der Waals surface area (Å²) in [6.45, 7) is 9.77. The number of rotatable bonds is 3. The number of hydrogen-bond donors (Lipinski definition) is 1. The second kappa shape index (κ2) is 8.86. The molecule has 0 radical (unpaired) electrons. The minimum Gasteiger partial charge on any atom is -0.459 e. The lowest BCUT2D eigenvalue weighted by Gasteiger charge is -2.25. The van der Waals surface area contributed by atoms with Crippen LogP contribution < -0.4 is 5.32 Å². The lowest BCUT2D eigenvalue weighted by molar-refractivity contribution is -0.153. The number of carbonyl (C=O) groups is 1. The standard InChI is InChI=1S/C16H28N4O2.HI/c1-16(2,3)22-14(21)11-18-15(17-4)20-10-7-13(12-20)19-8-5-6-9-19;/h5-6,13H,7-12H2,1-4H3,(H,17,18);1H. The number of guanidine groups is 1. The quantitative estimate of drug-likeness (QED) is 0.239. The van der Waals surface area contributed by atoms with Crippen LogP contribution in [0, 0.1) is 0 Å². The Balaban J connectivity index is 0.00000264. The van der Waals surface area contributed by atoms with Crippen LogP contribution in [-0.4, -0.2) is 73.1 Å². The van der Waals surface area contributed by atoms with Crippen molar-refractivity contribution in [2.75, 3.05) is 39.8 Å². The van der Waals surface area contributed by atoms with Crippen LogP contribution in [0.5, 0.6) is 0 Å². The van der Waals surface area contributed by atoms with Crippen molar-refractivity contribution < 1.29 is 9.53 Å². The predicted molar refractivity (Wildman–Crippen MR) is 103 cm³/mol. The van der Waals surface area contributed by atoms with Gasteiger partial charge in [0.15, 0.2) is 5.96 Å². The van der Waals surface area contributed by atoms with Crippen molar-refractivity contribution in [3.8, 4) is 0 Å². The zero-order valence-corrected chi connectivity index (χ0v) is 16.9. The molecule has 1 N–H and O–H groups in total.